The fourth-order valence-corrected chi connectivity index (χ4v) is 4.69. The molecule has 1 atom stereocenters. The van der Waals surface area contributed by atoms with E-state index in [1.807, 2.05) is 6.92 Å². The number of halogens is 1. The van der Waals surface area contributed by atoms with Crippen LogP contribution in [0.3, 0.4) is 0 Å². The molecule has 2 aliphatic heterocycles. The van der Waals surface area contributed by atoms with E-state index >= 15 is 0 Å². The Morgan fingerprint density at radius 3 is 2.52 bits per heavy atom. The van der Waals surface area contributed by atoms with Gasteiger partial charge in [-0.2, -0.15) is 0 Å². The second-order valence-electron chi connectivity index (χ2n) is 7.10. The van der Waals surface area contributed by atoms with Crippen LogP contribution in [-0.4, -0.2) is 29.8 Å². The van der Waals surface area contributed by atoms with Crippen molar-refractivity contribution >= 4 is 28.5 Å². The summed E-state index contributed by atoms with van der Waals surface area (Å²) in [5, 5.41) is 0.00843. The summed E-state index contributed by atoms with van der Waals surface area (Å²) >= 11 is 0. The van der Waals surface area contributed by atoms with Gasteiger partial charge in [0.2, 0.25) is 5.76 Å². The van der Waals surface area contributed by atoms with E-state index in [-0.39, 0.29) is 34.7 Å². The molecule has 0 radical (unpaired) electrons. The Kier molecular flexibility index (Phi) is 3.50. The molecular formula is C22H17FN2O4. The van der Waals surface area contributed by atoms with Gasteiger partial charge < -0.3 is 14.2 Å². The van der Waals surface area contributed by atoms with Crippen LogP contribution in [0.1, 0.15) is 35.5 Å². The highest BCUT2D eigenvalue weighted by Crippen LogP contribution is 2.52. The third-order valence-corrected chi connectivity index (χ3v) is 5.83. The van der Waals surface area contributed by atoms with Crippen molar-refractivity contribution in [1.82, 2.24) is 4.90 Å². The largest absolute Gasteiger partial charge is 0.450 e. The minimum atomic E-state index is -1.60. The number of carbonyl (C=O) groups is 2. The Morgan fingerprint density at radius 2 is 1.79 bits per heavy atom. The van der Waals surface area contributed by atoms with E-state index in [1.165, 1.54) is 17.0 Å². The number of nitrogens with zero attached hydrogens (tertiary/aromatic N) is 2. The number of benzene rings is 2. The third-order valence-electron chi connectivity index (χ3n) is 5.83. The highest BCUT2D eigenvalue weighted by atomic mass is 19.1. The number of hydrogen-bond donors (Lipinski definition) is 0. The average molecular weight is 392 g/mol. The molecule has 3 aromatic rings. The summed E-state index contributed by atoms with van der Waals surface area (Å²) in [4.78, 5) is 43.4. The van der Waals surface area contributed by atoms with Gasteiger partial charge in [-0.1, -0.05) is 18.2 Å². The standard InChI is InChI=1S/C22H17FN2O4/c1-3-24-15-8-6-5-7-14(15)22(21(24)28)17-18(26)13-11-12(23)9-10-16(13)29-19(17)20(27)25(22)4-2/h5-11H,3-4H2,1-2H3/t22-/m1/s1. The van der Waals surface area contributed by atoms with Gasteiger partial charge in [-0.25, -0.2) is 4.39 Å². The number of carbonyl (C=O) groups excluding carboxylic acids is 2. The fourth-order valence-electron chi connectivity index (χ4n) is 4.69. The number of hydrogen-bond acceptors (Lipinski definition) is 4. The van der Waals surface area contributed by atoms with Crippen LogP contribution < -0.4 is 10.3 Å². The normalized spacial score (nSPS) is 20.1. The Morgan fingerprint density at radius 1 is 1.03 bits per heavy atom. The Hall–Kier alpha value is -3.48. The van der Waals surface area contributed by atoms with E-state index in [9.17, 15) is 18.8 Å². The van der Waals surface area contributed by atoms with Crippen LogP contribution in [0.5, 0.6) is 0 Å². The molecule has 1 spiro atoms. The van der Waals surface area contributed by atoms with Gasteiger partial charge in [0.25, 0.3) is 11.8 Å². The van der Waals surface area contributed by atoms with Crippen molar-refractivity contribution in [1.29, 1.82) is 0 Å². The first-order valence-corrected chi connectivity index (χ1v) is 9.47. The van der Waals surface area contributed by atoms with E-state index in [2.05, 4.69) is 0 Å². The van der Waals surface area contributed by atoms with Gasteiger partial charge in [-0.15, -0.1) is 0 Å². The molecular weight excluding hydrogens is 375 g/mol. The maximum absolute atomic E-state index is 13.9. The predicted octanol–water partition coefficient (Wildman–Crippen LogP) is 3.02. The van der Waals surface area contributed by atoms with Gasteiger partial charge in [-0.05, 0) is 38.1 Å². The summed E-state index contributed by atoms with van der Waals surface area (Å²) in [6.07, 6.45) is 0. The monoisotopic (exact) mass is 392 g/mol. The van der Waals surface area contributed by atoms with Crippen LogP contribution in [0.25, 0.3) is 11.0 Å². The first-order valence-electron chi connectivity index (χ1n) is 9.47. The van der Waals surface area contributed by atoms with Gasteiger partial charge in [-0.3, -0.25) is 14.4 Å². The molecule has 0 fully saturated rings. The summed E-state index contributed by atoms with van der Waals surface area (Å²) < 4.78 is 19.6. The first kappa shape index (κ1) is 17.6. The molecule has 0 bridgehead atoms. The van der Waals surface area contributed by atoms with Crippen molar-refractivity contribution in [2.24, 2.45) is 0 Å². The Bertz CT molecular complexity index is 1280. The molecule has 2 aliphatic rings. The van der Waals surface area contributed by atoms with Crippen molar-refractivity contribution in [3.63, 3.8) is 0 Å². The summed E-state index contributed by atoms with van der Waals surface area (Å²) in [5.41, 5.74) is -0.874. The zero-order valence-corrected chi connectivity index (χ0v) is 15.9. The zero-order chi connectivity index (χ0) is 20.5. The van der Waals surface area contributed by atoms with E-state index in [1.54, 1.807) is 36.1 Å². The highest BCUT2D eigenvalue weighted by Gasteiger charge is 2.64. The van der Waals surface area contributed by atoms with E-state index in [0.717, 1.165) is 6.07 Å². The predicted molar refractivity (Wildman–Crippen MR) is 104 cm³/mol. The molecule has 1 aromatic heterocycles. The minimum Gasteiger partial charge on any atom is -0.450 e. The van der Waals surface area contributed by atoms with Gasteiger partial charge in [0.05, 0.1) is 16.6 Å². The Balaban J connectivity index is 1.97. The van der Waals surface area contributed by atoms with Crippen molar-refractivity contribution < 1.29 is 18.4 Å². The number of fused-ring (bicyclic) bond motifs is 5. The van der Waals surface area contributed by atoms with Gasteiger partial charge in [0.1, 0.15) is 11.4 Å². The number of rotatable bonds is 2. The van der Waals surface area contributed by atoms with E-state index < -0.39 is 22.7 Å². The van der Waals surface area contributed by atoms with Crippen LogP contribution in [-0.2, 0) is 10.3 Å². The zero-order valence-electron chi connectivity index (χ0n) is 15.9. The lowest BCUT2D eigenvalue weighted by atomic mass is 9.84. The lowest BCUT2D eigenvalue weighted by molar-refractivity contribution is -0.125. The van der Waals surface area contributed by atoms with Crippen molar-refractivity contribution in [3.05, 3.63) is 75.4 Å². The van der Waals surface area contributed by atoms with Gasteiger partial charge >= 0.3 is 0 Å². The van der Waals surface area contributed by atoms with Crippen LogP contribution >= 0.6 is 0 Å². The molecule has 7 heteroatoms. The molecule has 0 saturated carbocycles. The highest BCUT2D eigenvalue weighted by molar-refractivity contribution is 6.17. The molecule has 146 valence electrons. The quantitative estimate of drug-likeness (QED) is 0.672. The number of likely N-dealkylation sites (N-methyl/N-ethyl adjacent to an activating group) is 2. The van der Waals surface area contributed by atoms with Crippen LogP contribution in [0.15, 0.2) is 51.7 Å². The van der Waals surface area contributed by atoms with Gasteiger partial charge in [0, 0.05) is 18.7 Å². The molecule has 29 heavy (non-hydrogen) atoms. The smallest absolute Gasteiger partial charge is 0.291 e. The molecule has 0 saturated heterocycles. The summed E-state index contributed by atoms with van der Waals surface area (Å²) in [5.74, 6) is -1.65. The van der Waals surface area contributed by atoms with Crippen molar-refractivity contribution in [3.8, 4) is 0 Å². The molecule has 0 aliphatic carbocycles. The maximum Gasteiger partial charge on any atom is 0.291 e. The van der Waals surface area contributed by atoms with E-state index in [0.29, 0.717) is 17.8 Å². The summed E-state index contributed by atoms with van der Waals surface area (Å²) in [7, 11) is 0. The lowest BCUT2D eigenvalue weighted by Crippen LogP contribution is -2.53. The molecule has 5 rings (SSSR count). The molecule has 6 nitrogen and oxygen atoms in total. The average Bonchev–Trinajstić information content (AvgIpc) is 3.12. The minimum absolute atomic E-state index is 0.00843. The fraction of sp³-hybridized carbons (Fsp3) is 0.227. The molecule has 2 aromatic carbocycles. The van der Waals surface area contributed by atoms with Gasteiger partial charge in [0.15, 0.2) is 11.0 Å². The third kappa shape index (κ3) is 1.92. The van der Waals surface area contributed by atoms with Crippen LogP contribution in [0.2, 0.25) is 0 Å². The van der Waals surface area contributed by atoms with Crippen molar-refractivity contribution in [2.75, 3.05) is 18.0 Å². The van der Waals surface area contributed by atoms with Crippen LogP contribution in [0.4, 0.5) is 10.1 Å². The lowest BCUT2D eigenvalue weighted by Gasteiger charge is -2.33. The second-order valence-corrected chi connectivity index (χ2v) is 7.10. The van der Waals surface area contributed by atoms with E-state index in [4.69, 9.17) is 4.42 Å². The Labute approximate surface area is 165 Å². The molecule has 3 heterocycles. The first-order chi connectivity index (χ1) is 14.0. The number of para-hydroxylation sites is 1. The number of amides is 2. The maximum atomic E-state index is 13.9. The summed E-state index contributed by atoms with van der Waals surface area (Å²) in [6.45, 7) is 4.16. The molecule has 0 N–H and O–H groups in total. The van der Waals surface area contributed by atoms with Crippen molar-refractivity contribution in [2.45, 2.75) is 19.4 Å². The number of anilines is 1. The molecule has 2 amide bonds. The molecule has 0 unspecified atom stereocenters. The van der Waals surface area contributed by atoms with Crippen LogP contribution in [0, 0.1) is 5.82 Å². The second kappa shape index (κ2) is 5.76. The SMILES string of the molecule is CCN1C(=O)[C@@]2(c3ccccc31)c1c(oc3ccc(F)cc3c1=O)C(=O)N2CC. The summed E-state index contributed by atoms with van der Waals surface area (Å²) in [6, 6.07) is 10.7. The topological polar surface area (TPSA) is 70.8 Å².